The Hall–Kier alpha value is -2.49. The van der Waals surface area contributed by atoms with Crippen molar-refractivity contribution >= 4 is 11.8 Å². The van der Waals surface area contributed by atoms with E-state index in [1.807, 2.05) is 42.5 Å². The van der Waals surface area contributed by atoms with Crippen LogP contribution in [-0.4, -0.2) is 12.1 Å². The first-order chi connectivity index (χ1) is 12.1. The molecule has 132 valence electrons. The minimum absolute atomic E-state index is 0.0619. The molecule has 1 heterocycles. The van der Waals surface area contributed by atoms with Gasteiger partial charge in [0.05, 0.1) is 6.04 Å². The number of hydrogen-bond acceptors (Lipinski definition) is 3. The normalized spacial score (nSPS) is 22.0. The molecule has 0 unspecified atom stereocenters. The fourth-order valence-corrected chi connectivity index (χ4v) is 3.58. The summed E-state index contributed by atoms with van der Waals surface area (Å²) in [5.74, 6) is 0.729. The Balaban J connectivity index is 1.72. The summed E-state index contributed by atoms with van der Waals surface area (Å²) in [5, 5.41) is 6.69. The fraction of sp³-hybridized carbons (Fsp3) is 0.381. The summed E-state index contributed by atoms with van der Waals surface area (Å²) >= 11 is 0. The number of nitrogens with one attached hydrogen (secondary N) is 2. The Kier molecular flexibility index (Phi) is 5.27. The highest BCUT2D eigenvalue weighted by atomic mass is 16.5. The number of amides is 1. The number of para-hydroxylation sites is 1. The van der Waals surface area contributed by atoms with Gasteiger partial charge in [0, 0.05) is 17.6 Å². The van der Waals surface area contributed by atoms with Gasteiger partial charge in [-0.2, -0.15) is 0 Å². The quantitative estimate of drug-likeness (QED) is 0.846. The van der Waals surface area contributed by atoms with Gasteiger partial charge in [-0.3, -0.25) is 0 Å². The first kappa shape index (κ1) is 17.3. The molecule has 3 rings (SSSR count). The van der Waals surface area contributed by atoms with Crippen LogP contribution in [0, 0.1) is 11.8 Å². The summed E-state index contributed by atoms with van der Waals surface area (Å²) in [6.07, 6.45) is -0.375. The van der Waals surface area contributed by atoms with Crippen LogP contribution in [0.15, 0.2) is 54.6 Å². The number of carbonyl (C=O) groups excluding carboxylic acids is 1. The Morgan fingerprint density at radius 2 is 1.80 bits per heavy atom. The second kappa shape index (κ2) is 7.60. The van der Waals surface area contributed by atoms with E-state index in [4.69, 9.17) is 4.74 Å². The number of fused-ring (bicyclic) bond motifs is 1. The van der Waals surface area contributed by atoms with Crippen LogP contribution in [0.1, 0.15) is 37.9 Å². The van der Waals surface area contributed by atoms with Gasteiger partial charge in [-0.25, -0.2) is 4.79 Å². The van der Waals surface area contributed by atoms with Gasteiger partial charge in [-0.05, 0) is 23.1 Å². The van der Waals surface area contributed by atoms with Crippen molar-refractivity contribution in [2.45, 2.75) is 39.5 Å². The zero-order chi connectivity index (χ0) is 17.8. The number of rotatable bonds is 4. The van der Waals surface area contributed by atoms with Crippen LogP contribution in [0.2, 0.25) is 0 Å². The molecule has 1 aliphatic rings. The highest BCUT2D eigenvalue weighted by Crippen LogP contribution is 2.38. The van der Waals surface area contributed by atoms with Crippen molar-refractivity contribution in [1.82, 2.24) is 5.32 Å². The molecule has 0 saturated carbocycles. The van der Waals surface area contributed by atoms with Gasteiger partial charge >= 0.3 is 6.09 Å². The van der Waals surface area contributed by atoms with Crippen molar-refractivity contribution in [2.24, 2.45) is 11.8 Å². The minimum atomic E-state index is -0.375. The van der Waals surface area contributed by atoms with E-state index < -0.39 is 0 Å². The number of anilines is 1. The third kappa shape index (κ3) is 3.95. The Morgan fingerprint density at radius 3 is 2.52 bits per heavy atom. The molecule has 0 bridgehead atoms. The van der Waals surface area contributed by atoms with E-state index in [2.05, 4.69) is 43.5 Å². The van der Waals surface area contributed by atoms with E-state index in [0.29, 0.717) is 12.0 Å². The molecular formula is C21H26N2O2. The van der Waals surface area contributed by atoms with Crippen molar-refractivity contribution in [2.75, 3.05) is 5.32 Å². The predicted octanol–water partition coefficient (Wildman–Crippen LogP) is 4.74. The summed E-state index contributed by atoms with van der Waals surface area (Å²) in [4.78, 5) is 12.4. The standard InChI is InChI=1S/C21H26N2O2/c1-14(2)19-15(3)20(17-11-7-8-12-18(17)22-19)23-21(24)25-13-16-9-5-4-6-10-16/h4-12,14-15,19-20,22H,13H2,1-3H3,(H,23,24)/t15-,19+,20-/m1/s1. The van der Waals surface area contributed by atoms with Crippen LogP contribution >= 0.6 is 0 Å². The van der Waals surface area contributed by atoms with Gasteiger partial charge in [0.1, 0.15) is 6.61 Å². The van der Waals surface area contributed by atoms with Crippen molar-refractivity contribution < 1.29 is 9.53 Å². The van der Waals surface area contributed by atoms with Crippen molar-refractivity contribution in [3.63, 3.8) is 0 Å². The van der Waals surface area contributed by atoms with E-state index in [1.165, 1.54) is 0 Å². The molecular weight excluding hydrogens is 312 g/mol. The van der Waals surface area contributed by atoms with Gasteiger partial charge in [0.15, 0.2) is 0 Å². The molecule has 3 atom stereocenters. The van der Waals surface area contributed by atoms with Gasteiger partial charge in [0.2, 0.25) is 0 Å². The van der Waals surface area contributed by atoms with E-state index in [1.54, 1.807) is 0 Å². The van der Waals surface area contributed by atoms with Crippen molar-refractivity contribution in [3.05, 3.63) is 65.7 Å². The number of ether oxygens (including phenoxy) is 1. The third-order valence-electron chi connectivity index (χ3n) is 4.91. The minimum Gasteiger partial charge on any atom is -0.445 e. The summed E-state index contributed by atoms with van der Waals surface area (Å²) in [7, 11) is 0. The number of hydrogen-bond donors (Lipinski definition) is 2. The third-order valence-corrected chi connectivity index (χ3v) is 4.91. The molecule has 4 nitrogen and oxygen atoms in total. The number of benzene rings is 2. The number of carbonyl (C=O) groups is 1. The first-order valence-corrected chi connectivity index (χ1v) is 8.89. The van der Waals surface area contributed by atoms with E-state index in [0.717, 1.165) is 16.8 Å². The monoisotopic (exact) mass is 338 g/mol. The average molecular weight is 338 g/mol. The summed E-state index contributed by atoms with van der Waals surface area (Å²) in [6, 6.07) is 18.1. The molecule has 2 aromatic carbocycles. The van der Waals surface area contributed by atoms with Gasteiger partial charge < -0.3 is 15.4 Å². The average Bonchev–Trinajstić information content (AvgIpc) is 2.62. The summed E-state index contributed by atoms with van der Waals surface area (Å²) in [5.41, 5.74) is 3.19. The molecule has 0 saturated heterocycles. The molecule has 2 N–H and O–H groups in total. The predicted molar refractivity (Wildman–Crippen MR) is 100 cm³/mol. The van der Waals surface area contributed by atoms with E-state index >= 15 is 0 Å². The first-order valence-electron chi connectivity index (χ1n) is 8.89. The van der Waals surface area contributed by atoms with Crippen LogP contribution < -0.4 is 10.6 Å². The summed E-state index contributed by atoms with van der Waals surface area (Å²) < 4.78 is 5.42. The van der Waals surface area contributed by atoms with Gasteiger partial charge in [0.25, 0.3) is 0 Å². The molecule has 0 radical (unpaired) electrons. The molecule has 4 heteroatoms. The number of alkyl carbamates (subject to hydrolysis) is 1. The molecule has 1 amide bonds. The van der Waals surface area contributed by atoms with Crippen LogP contribution in [0.3, 0.4) is 0 Å². The maximum absolute atomic E-state index is 12.4. The molecule has 0 aliphatic carbocycles. The Bertz CT molecular complexity index is 715. The maximum Gasteiger partial charge on any atom is 0.407 e. The lowest BCUT2D eigenvalue weighted by Crippen LogP contribution is -2.46. The smallest absolute Gasteiger partial charge is 0.407 e. The zero-order valence-electron chi connectivity index (χ0n) is 15.0. The molecule has 0 spiro atoms. The van der Waals surface area contributed by atoms with Crippen molar-refractivity contribution in [1.29, 1.82) is 0 Å². The van der Waals surface area contributed by atoms with E-state index in [9.17, 15) is 4.79 Å². The van der Waals surface area contributed by atoms with Crippen LogP contribution in [0.4, 0.5) is 10.5 Å². The lowest BCUT2D eigenvalue weighted by Gasteiger charge is -2.41. The lowest BCUT2D eigenvalue weighted by molar-refractivity contribution is 0.129. The van der Waals surface area contributed by atoms with Crippen LogP contribution in [0.25, 0.3) is 0 Å². The second-order valence-corrected chi connectivity index (χ2v) is 7.04. The maximum atomic E-state index is 12.4. The molecule has 1 aliphatic heterocycles. The van der Waals surface area contributed by atoms with Crippen LogP contribution in [-0.2, 0) is 11.3 Å². The lowest BCUT2D eigenvalue weighted by atomic mass is 9.79. The van der Waals surface area contributed by atoms with Gasteiger partial charge in [-0.15, -0.1) is 0 Å². The molecule has 2 aromatic rings. The highest BCUT2D eigenvalue weighted by Gasteiger charge is 2.36. The zero-order valence-corrected chi connectivity index (χ0v) is 15.0. The van der Waals surface area contributed by atoms with Gasteiger partial charge in [-0.1, -0.05) is 69.3 Å². The highest BCUT2D eigenvalue weighted by molar-refractivity contribution is 5.69. The molecule has 0 fully saturated rings. The molecule has 25 heavy (non-hydrogen) atoms. The SMILES string of the molecule is CC(C)[C@@H]1Nc2ccccc2[C@H](NC(=O)OCc2ccccc2)[C@@H]1C. The van der Waals surface area contributed by atoms with Crippen molar-refractivity contribution in [3.8, 4) is 0 Å². The van der Waals surface area contributed by atoms with E-state index in [-0.39, 0.29) is 24.7 Å². The largest absolute Gasteiger partial charge is 0.445 e. The van der Waals surface area contributed by atoms with Crippen LogP contribution in [0.5, 0.6) is 0 Å². The molecule has 0 aromatic heterocycles. The summed E-state index contributed by atoms with van der Waals surface area (Å²) in [6.45, 7) is 6.86. The fourth-order valence-electron chi connectivity index (χ4n) is 3.58. The second-order valence-electron chi connectivity index (χ2n) is 7.04. The Labute approximate surface area is 149 Å². The Morgan fingerprint density at radius 1 is 1.12 bits per heavy atom. The topological polar surface area (TPSA) is 50.4 Å².